The predicted molar refractivity (Wildman–Crippen MR) is 59.3 cm³/mol. The lowest BCUT2D eigenvalue weighted by atomic mass is 10.1. The Kier molecular flexibility index (Phi) is 2.04. The summed E-state index contributed by atoms with van der Waals surface area (Å²) in [7, 11) is 0. The summed E-state index contributed by atoms with van der Waals surface area (Å²) in [6.07, 6.45) is -2.09. The highest BCUT2D eigenvalue weighted by atomic mass is 19.4. The van der Waals surface area contributed by atoms with Crippen LogP contribution in [0.15, 0.2) is 39.9 Å². The lowest BCUT2D eigenvalue weighted by Crippen LogP contribution is -2.10. The molecule has 0 aliphatic heterocycles. The average molecular weight is 253 g/mol. The van der Waals surface area contributed by atoms with E-state index in [0.717, 1.165) is 6.07 Å². The van der Waals surface area contributed by atoms with E-state index in [1.165, 1.54) is 24.7 Å². The average Bonchev–Trinajstić information content (AvgIpc) is 2.75. The van der Waals surface area contributed by atoms with E-state index in [4.69, 9.17) is 4.42 Å². The summed E-state index contributed by atoms with van der Waals surface area (Å²) in [6, 6.07) is 3.51. The first kappa shape index (κ1) is 10.9. The van der Waals surface area contributed by atoms with Gasteiger partial charge in [-0.05, 0) is 12.1 Å². The Morgan fingerprint density at radius 3 is 2.61 bits per heavy atom. The first-order valence-corrected chi connectivity index (χ1v) is 5.06. The number of H-pyrrole nitrogens is 1. The summed E-state index contributed by atoms with van der Waals surface area (Å²) < 4.78 is 43.3. The highest BCUT2D eigenvalue weighted by Crippen LogP contribution is 2.33. The summed E-state index contributed by atoms with van der Waals surface area (Å²) in [5.74, 6) is 0. The number of hydrogen-bond acceptors (Lipinski definition) is 2. The molecule has 0 aliphatic rings. The van der Waals surface area contributed by atoms with Crippen LogP contribution in [-0.2, 0) is 6.18 Å². The van der Waals surface area contributed by atoms with Crippen molar-refractivity contribution in [3.05, 3.63) is 46.5 Å². The molecule has 2 heterocycles. The molecule has 6 heteroatoms. The van der Waals surface area contributed by atoms with Gasteiger partial charge in [-0.2, -0.15) is 13.2 Å². The van der Waals surface area contributed by atoms with Gasteiger partial charge in [0.2, 0.25) is 0 Å². The zero-order valence-electron chi connectivity index (χ0n) is 8.84. The molecular formula is C12H6F3NO2. The minimum atomic E-state index is -4.51. The summed E-state index contributed by atoms with van der Waals surface area (Å²) in [5, 5.41) is 0.237. The number of aromatic amines is 1. The van der Waals surface area contributed by atoms with Crippen LogP contribution in [-0.4, -0.2) is 4.98 Å². The Morgan fingerprint density at radius 1 is 1.11 bits per heavy atom. The van der Waals surface area contributed by atoms with Crippen molar-refractivity contribution in [3.63, 3.8) is 0 Å². The molecule has 3 aromatic rings. The van der Waals surface area contributed by atoms with Crippen LogP contribution >= 0.6 is 0 Å². The van der Waals surface area contributed by atoms with Crippen molar-refractivity contribution in [2.24, 2.45) is 0 Å². The van der Waals surface area contributed by atoms with Gasteiger partial charge in [0.25, 0.3) is 0 Å². The molecule has 0 fully saturated rings. The lowest BCUT2D eigenvalue weighted by molar-refractivity contribution is -0.136. The van der Waals surface area contributed by atoms with Gasteiger partial charge in [-0.15, -0.1) is 0 Å². The smallest absolute Gasteiger partial charge is 0.418 e. The number of rotatable bonds is 0. The fourth-order valence-corrected chi connectivity index (χ4v) is 1.96. The molecule has 18 heavy (non-hydrogen) atoms. The van der Waals surface area contributed by atoms with Crippen LogP contribution in [0, 0.1) is 0 Å². The first-order chi connectivity index (χ1) is 8.48. The molecule has 3 nitrogen and oxygen atoms in total. The number of alkyl halides is 3. The largest absolute Gasteiger partial charge is 0.470 e. The van der Waals surface area contributed by atoms with E-state index in [-0.39, 0.29) is 21.8 Å². The van der Waals surface area contributed by atoms with Crippen molar-refractivity contribution >= 4 is 21.8 Å². The third kappa shape index (κ3) is 1.42. The molecule has 92 valence electrons. The zero-order chi connectivity index (χ0) is 12.9. The van der Waals surface area contributed by atoms with E-state index in [9.17, 15) is 18.0 Å². The molecule has 0 radical (unpaired) electrons. The number of fused-ring (bicyclic) bond motifs is 2. The number of furan rings is 1. The Bertz CT molecular complexity index is 798. The van der Waals surface area contributed by atoms with Crippen molar-refractivity contribution in [3.8, 4) is 0 Å². The van der Waals surface area contributed by atoms with Gasteiger partial charge in [0.1, 0.15) is 12.5 Å². The number of halogens is 3. The molecule has 0 amide bonds. The fourth-order valence-electron chi connectivity index (χ4n) is 1.96. The Morgan fingerprint density at radius 2 is 1.89 bits per heavy atom. The highest BCUT2D eigenvalue weighted by Gasteiger charge is 2.33. The van der Waals surface area contributed by atoms with Crippen LogP contribution in [0.2, 0.25) is 0 Å². The SMILES string of the molecule is O=c1c2cocc2[nH]c2c(C(F)(F)F)cccc12. The number of benzene rings is 1. The maximum absolute atomic E-state index is 12.8. The molecule has 1 N–H and O–H groups in total. The van der Waals surface area contributed by atoms with Gasteiger partial charge >= 0.3 is 6.18 Å². The number of aromatic nitrogens is 1. The lowest BCUT2D eigenvalue weighted by Gasteiger charge is -2.09. The van der Waals surface area contributed by atoms with E-state index < -0.39 is 17.2 Å². The van der Waals surface area contributed by atoms with Gasteiger partial charge in [-0.3, -0.25) is 4.79 Å². The summed E-state index contributed by atoms with van der Waals surface area (Å²) in [6.45, 7) is 0. The second kappa shape index (κ2) is 3.38. The van der Waals surface area contributed by atoms with Crippen molar-refractivity contribution in [1.82, 2.24) is 4.98 Å². The topological polar surface area (TPSA) is 46.0 Å². The first-order valence-electron chi connectivity index (χ1n) is 5.06. The Balaban J connectivity index is 2.56. The minimum absolute atomic E-state index is 0.00118. The third-order valence-corrected chi connectivity index (χ3v) is 2.78. The van der Waals surface area contributed by atoms with Crippen molar-refractivity contribution in [1.29, 1.82) is 0 Å². The number of hydrogen-bond donors (Lipinski definition) is 1. The van der Waals surface area contributed by atoms with E-state index in [0.29, 0.717) is 0 Å². The Labute approximate surface area is 97.8 Å². The molecule has 0 aliphatic carbocycles. The normalized spacial score (nSPS) is 12.4. The van der Waals surface area contributed by atoms with Crippen LogP contribution in [0.5, 0.6) is 0 Å². The molecule has 0 spiro atoms. The van der Waals surface area contributed by atoms with E-state index >= 15 is 0 Å². The number of para-hydroxylation sites is 1. The van der Waals surface area contributed by atoms with Crippen molar-refractivity contribution < 1.29 is 17.6 Å². The summed E-state index contributed by atoms with van der Waals surface area (Å²) >= 11 is 0. The molecule has 0 unspecified atom stereocenters. The van der Waals surface area contributed by atoms with E-state index in [1.807, 2.05) is 0 Å². The maximum atomic E-state index is 12.8. The maximum Gasteiger partial charge on any atom is 0.418 e. The number of pyridine rings is 1. The van der Waals surface area contributed by atoms with Gasteiger partial charge in [0.15, 0.2) is 5.43 Å². The van der Waals surface area contributed by atoms with Crippen LogP contribution in [0.4, 0.5) is 13.2 Å². The Hall–Kier alpha value is -2.24. The summed E-state index contributed by atoms with van der Waals surface area (Å²) in [5.41, 5.74) is -1.30. The monoisotopic (exact) mass is 253 g/mol. The molecule has 0 saturated carbocycles. The second-order valence-electron chi connectivity index (χ2n) is 3.88. The highest BCUT2D eigenvalue weighted by molar-refractivity contribution is 5.93. The molecule has 3 rings (SSSR count). The molecule has 2 aromatic heterocycles. The molecule has 1 aromatic carbocycles. The van der Waals surface area contributed by atoms with E-state index in [1.54, 1.807) is 0 Å². The molecule has 0 saturated heterocycles. The zero-order valence-corrected chi connectivity index (χ0v) is 8.84. The van der Waals surface area contributed by atoms with Crippen LogP contribution < -0.4 is 5.43 Å². The van der Waals surface area contributed by atoms with Crippen molar-refractivity contribution in [2.45, 2.75) is 6.18 Å². The molecule has 0 bridgehead atoms. The van der Waals surface area contributed by atoms with Crippen molar-refractivity contribution in [2.75, 3.05) is 0 Å². The summed E-state index contributed by atoms with van der Waals surface area (Å²) in [4.78, 5) is 14.6. The van der Waals surface area contributed by atoms with Gasteiger partial charge in [0.05, 0.1) is 22.0 Å². The standard InChI is InChI=1S/C12H6F3NO2/c13-12(14,15)8-3-1-2-6-10(8)16-9-5-18-4-7(9)11(6)17/h1-5,16H. The van der Waals surface area contributed by atoms with Gasteiger partial charge in [-0.1, -0.05) is 6.07 Å². The quantitative estimate of drug-likeness (QED) is 0.668. The van der Waals surface area contributed by atoms with Gasteiger partial charge in [-0.25, -0.2) is 0 Å². The van der Waals surface area contributed by atoms with Gasteiger partial charge < -0.3 is 9.40 Å². The third-order valence-electron chi connectivity index (χ3n) is 2.78. The number of nitrogens with one attached hydrogen (secondary N) is 1. The minimum Gasteiger partial charge on any atom is -0.470 e. The van der Waals surface area contributed by atoms with E-state index in [2.05, 4.69) is 4.98 Å². The molecular weight excluding hydrogens is 247 g/mol. The van der Waals surface area contributed by atoms with Crippen LogP contribution in [0.1, 0.15) is 5.56 Å². The molecule has 0 atom stereocenters. The van der Waals surface area contributed by atoms with Crippen LogP contribution in [0.3, 0.4) is 0 Å². The van der Waals surface area contributed by atoms with Crippen LogP contribution in [0.25, 0.3) is 21.8 Å². The van der Waals surface area contributed by atoms with Gasteiger partial charge in [0, 0.05) is 5.39 Å². The second-order valence-corrected chi connectivity index (χ2v) is 3.88. The predicted octanol–water partition coefficient (Wildman–Crippen LogP) is 3.29. The fraction of sp³-hybridized carbons (Fsp3) is 0.0833.